The molecule has 24 heavy (non-hydrogen) atoms. The van der Waals surface area contributed by atoms with E-state index in [9.17, 15) is 4.79 Å². The summed E-state index contributed by atoms with van der Waals surface area (Å²) in [6.07, 6.45) is 5.65. The SMILES string of the molecule is Cc1nnccc1NC(=O)N1Cc2cccnc2N2CCC[C@@H]2C1. The van der Waals surface area contributed by atoms with Gasteiger partial charge in [-0.1, -0.05) is 6.07 Å². The number of nitrogens with one attached hydrogen (secondary N) is 1. The number of pyridine rings is 1. The molecule has 0 bridgehead atoms. The van der Waals surface area contributed by atoms with Crippen LogP contribution in [0.1, 0.15) is 24.1 Å². The van der Waals surface area contributed by atoms with E-state index in [4.69, 9.17) is 0 Å². The molecular weight excluding hydrogens is 304 g/mol. The lowest BCUT2D eigenvalue weighted by Crippen LogP contribution is -2.42. The van der Waals surface area contributed by atoms with Crippen molar-refractivity contribution in [1.29, 1.82) is 0 Å². The van der Waals surface area contributed by atoms with Gasteiger partial charge in [-0.15, -0.1) is 0 Å². The molecule has 4 heterocycles. The van der Waals surface area contributed by atoms with Crippen molar-refractivity contribution >= 4 is 17.5 Å². The number of nitrogens with zero attached hydrogens (tertiary/aromatic N) is 5. The number of hydrogen-bond donors (Lipinski definition) is 1. The van der Waals surface area contributed by atoms with Gasteiger partial charge in [0.05, 0.1) is 24.1 Å². The second-order valence-electron chi connectivity index (χ2n) is 6.32. The van der Waals surface area contributed by atoms with Crippen molar-refractivity contribution in [3.05, 3.63) is 41.9 Å². The van der Waals surface area contributed by atoms with Crippen LogP contribution in [0.15, 0.2) is 30.6 Å². The quantitative estimate of drug-likeness (QED) is 0.870. The standard InChI is InChI=1S/C17H20N6O/c1-12-15(6-8-19-21-12)20-17(24)22-10-13-4-2-7-18-16(13)23-9-3-5-14(23)11-22/h2,4,6-8,14H,3,5,9-11H2,1H3,(H,19,20,24)/t14-/m1/s1. The van der Waals surface area contributed by atoms with Gasteiger partial charge in [0, 0.05) is 30.9 Å². The number of amides is 2. The predicted octanol–water partition coefficient (Wildman–Crippen LogP) is 2.20. The Balaban J connectivity index is 1.60. The van der Waals surface area contributed by atoms with Gasteiger partial charge >= 0.3 is 6.03 Å². The summed E-state index contributed by atoms with van der Waals surface area (Å²) >= 11 is 0. The Morgan fingerprint density at radius 3 is 3.12 bits per heavy atom. The second kappa shape index (κ2) is 6.07. The zero-order valence-electron chi connectivity index (χ0n) is 13.6. The summed E-state index contributed by atoms with van der Waals surface area (Å²) in [5.41, 5.74) is 2.51. The first-order valence-electron chi connectivity index (χ1n) is 8.27. The Hall–Kier alpha value is -2.70. The highest BCUT2D eigenvalue weighted by Crippen LogP contribution is 2.31. The van der Waals surface area contributed by atoms with E-state index < -0.39 is 0 Å². The molecule has 7 nitrogen and oxygen atoms in total. The topological polar surface area (TPSA) is 74.2 Å². The van der Waals surface area contributed by atoms with Crippen molar-refractivity contribution in [3.8, 4) is 0 Å². The highest BCUT2D eigenvalue weighted by molar-refractivity contribution is 5.90. The lowest BCUT2D eigenvalue weighted by atomic mass is 10.2. The number of anilines is 2. The first kappa shape index (κ1) is 14.9. The molecular formula is C17H20N6O. The number of aryl methyl sites for hydroxylation is 1. The van der Waals surface area contributed by atoms with Crippen LogP contribution in [0.4, 0.5) is 16.3 Å². The summed E-state index contributed by atoms with van der Waals surface area (Å²) in [6, 6.07) is 6.00. The lowest BCUT2D eigenvalue weighted by molar-refractivity contribution is 0.207. The third-order valence-corrected chi connectivity index (χ3v) is 4.74. The number of carbonyl (C=O) groups is 1. The average Bonchev–Trinajstić information content (AvgIpc) is 2.99. The smallest absolute Gasteiger partial charge is 0.322 e. The molecule has 1 atom stereocenters. The van der Waals surface area contributed by atoms with Crippen molar-refractivity contribution in [3.63, 3.8) is 0 Å². The largest absolute Gasteiger partial charge is 0.352 e. The van der Waals surface area contributed by atoms with E-state index in [0.717, 1.165) is 30.8 Å². The zero-order valence-corrected chi connectivity index (χ0v) is 13.6. The first-order chi connectivity index (χ1) is 11.7. The van der Waals surface area contributed by atoms with Crippen LogP contribution in [0.25, 0.3) is 0 Å². The van der Waals surface area contributed by atoms with E-state index in [1.54, 1.807) is 12.3 Å². The Labute approximate surface area is 140 Å². The van der Waals surface area contributed by atoms with Crippen LogP contribution < -0.4 is 10.2 Å². The van der Waals surface area contributed by atoms with Gasteiger partial charge in [-0.2, -0.15) is 10.2 Å². The molecule has 2 aliphatic heterocycles. The minimum absolute atomic E-state index is 0.102. The summed E-state index contributed by atoms with van der Waals surface area (Å²) in [7, 11) is 0. The molecule has 0 aromatic carbocycles. The van der Waals surface area contributed by atoms with Crippen LogP contribution in [-0.2, 0) is 6.54 Å². The van der Waals surface area contributed by atoms with E-state index in [0.29, 0.717) is 30.5 Å². The Morgan fingerprint density at radius 1 is 1.33 bits per heavy atom. The van der Waals surface area contributed by atoms with Crippen molar-refractivity contribution in [2.75, 3.05) is 23.3 Å². The normalized spacial score (nSPS) is 19.5. The maximum atomic E-state index is 12.8. The highest BCUT2D eigenvalue weighted by atomic mass is 16.2. The molecule has 2 amide bonds. The molecule has 2 aliphatic rings. The molecule has 1 fully saturated rings. The fraction of sp³-hybridized carbons (Fsp3) is 0.412. The first-order valence-corrected chi connectivity index (χ1v) is 8.27. The van der Waals surface area contributed by atoms with E-state index >= 15 is 0 Å². The van der Waals surface area contributed by atoms with Gasteiger partial charge in [-0.25, -0.2) is 9.78 Å². The van der Waals surface area contributed by atoms with Crippen LogP contribution in [-0.4, -0.2) is 45.2 Å². The van der Waals surface area contributed by atoms with Crippen LogP contribution in [0.3, 0.4) is 0 Å². The summed E-state index contributed by atoms with van der Waals surface area (Å²) in [4.78, 5) is 21.6. The Kier molecular flexibility index (Phi) is 3.76. The summed E-state index contributed by atoms with van der Waals surface area (Å²) in [5, 5.41) is 10.8. The van der Waals surface area contributed by atoms with Crippen molar-refractivity contribution < 1.29 is 4.79 Å². The number of carbonyl (C=O) groups excluding carboxylic acids is 1. The van der Waals surface area contributed by atoms with Gasteiger partial charge in [-0.05, 0) is 31.9 Å². The van der Waals surface area contributed by atoms with E-state index in [2.05, 4.69) is 31.5 Å². The minimum Gasteiger partial charge on any atom is -0.352 e. The summed E-state index contributed by atoms with van der Waals surface area (Å²) < 4.78 is 0. The van der Waals surface area contributed by atoms with Crippen molar-refractivity contribution in [1.82, 2.24) is 20.1 Å². The molecule has 0 radical (unpaired) electrons. The van der Waals surface area contributed by atoms with Crippen LogP contribution in [0.2, 0.25) is 0 Å². The Morgan fingerprint density at radius 2 is 2.25 bits per heavy atom. The molecule has 1 saturated heterocycles. The van der Waals surface area contributed by atoms with E-state index in [1.807, 2.05) is 24.1 Å². The maximum absolute atomic E-state index is 12.8. The number of aromatic nitrogens is 3. The van der Waals surface area contributed by atoms with E-state index in [1.165, 1.54) is 0 Å². The van der Waals surface area contributed by atoms with Crippen LogP contribution >= 0.6 is 0 Å². The van der Waals surface area contributed by atoms with Crippen LogP contribution in [0.5, 0.6) is 0 Å². The molecule has 0 aliphatic carbocycles. The number of urea groups is 1. The van der Waals surface area contributed by atoms with Gasteiger partial charge in [-0.3, -0.25) is 0 Å². The average molecular weight is 324 g/mol. The molecule has 0 unspecified atom stereocenters. The molecule has 2 aromatic rings. The van der Waals surface area contributed by atoms with Gasteiger partial charge in [0.25, 0.3) is 0 Å². The molecule has 0 spiro atoms. The number of fused-ring (bicyclic) bond motifs is 3. The monoisotopic (exact) mass is 324 g/mol. The molecule has 4 rings (SSSR count). The third kappa shape index (κ3) is 2.66. The van der Waals surface area contributed by atoms with Gasteiger partial charge < -0.3 is 15.1 Å². The van der Waals surface area contributed by atoms with E-state index in [-0.39, 0.29) is 6.03 Å². The number of rotatable bonds is 1. The predicted molar refractivity (Wildman–Crippen MR) is 90.8 cm³/mol. The molecule has 1 N–H and O–H groups in total. The minimum atomic E-state index is -0.102. The molecule has 0 saturated carbocycles. The van der Waals surface area contributed by atoms with Crippen molar-refractivity contribution in [2.24, 2.45) is 0 Å². The summed E-state index contributed by atoms with van der Waals surface area (Å²) in [6.45, 7) is 4.12. The number of hydrogen-bond acceptors (Lipinski definition) is 5. The molecule has 124 valence electrons. The van der Waals surface area contributed by atoms with Gasteiger partial charge in [0.15, 0.2) is 0 Å². The highest BCUT2D eigenvalue weighted by Gasteiger charge is 2.34. The Bertz CT molecular complexity index is 764. The molecule has 7 heteroatoms. The third-order valence-electron chi connectivity index (χ3n) is 4.74. The second-order valence-corrected chi connectivity index (χ2v) is 6.32. The lowest BCUT2D eigenvalue weighted by Gasteiger charge is -2.27. The van der Waals surface area contributed by atoms with Crippen molar-refractivity contribution in [2.45, 2.75) is 32.4 Å². The van der Waals surface area contributed by atoms with Gasteiger partial charge in [0.2, 0.25) is 0 Å². The molecule has 2 aromatic heterocycles. The fourth-order valence-electron chi connectivity index (χ4n) is 3.52. The van der Waals surface area contributed by atoms with Gasteiger partial charge in [0.1, 0.15) is 5.82 Å². The maximum Gasteiger partial charge on any atom is 0.322 e. The van der Waals surface area contributed by atoms with Crippen LogP contribution in [0, 0.1) is 6.92 Å². The summed E-state index contributed by atoms with van der Waals surface area (Å²) in [5.74, 6) is 1.03. The fourth-order valence-corrected chi connectivity index (χ4v) is 3.52. The zero-order chi connectivity index (χ0) is 16.5.